The van der Waals surface area contributed by atoms with Gasteiger partial charge in [0.05, 0.1) is 11.4 Å². The second kappa shape index (κ2) is 10.8. The van der Waals surface area contributed by atoms with Crippen molar-refractivity contribution in [2.45, 2.75) is 32.4 Å². The van der Waals surface area contributed by atoms with Crippen LogP contribution in [0.2, 0.25) is 13.1 Å². The van der Waals surface area contributed by atoms with Gasteiger partial charge in [0.25, 0.3) is 0 Å². The van der Waals surface area contributed by atoms with E-state index >= 15 is 0 Å². The van der Waals surface area contributed by atoms with Crippen molar-refractivity contribution in [3.63, 3.8) is 0 Å². The third kappa shape index (κ3) is 4.30. The highest BCUT2D eigenvalue weighted by atomic mass is 28.3. The molecule has 0 spiro atoms. The Kier molecular flexibility index (Phi) is 6.37. The van der Waals surface area contributed by atoms with Crippen LogP contribution in [0.25, 0.3) is 32.3 Å². The van der Waals surface area contributed by atoms with E-state index in [-0.39, 0.29) is 5.41 Å². The largest absolute Gasteiger partial charge is 0.455 e. The summed E-state index contributed by atoms with van der Waals surface area (Å²) in [7, 11) is -2.10. The molecule has 0 aliphatic carbocycles. The molecule has 0 aromatic heterocycles. The topological polar surface area (TPSA) is 21.7 Å². The normalized spacial score (nSPS) is 14.9. The van der Waals surface area contributed by atoms with E-state index in [0.29, 0.717) is 0 Å². The monoisotopic (exact) mass is 675 g/mol. The van der Waals surface area contributed by atoms with E-state index in [1.54, 1.807) is 0 Å². The molecule has 0 fully saturated rings. The van der Waals surface area contributed by atoms with Gasteiger partial charge in [0.1, 0.15) is 19.6 Å². The molecular formula is C47H37NO2Si. The van der Waals surface area contributed by atoms with E-state index in [2.05, 4.69) is 184 Å². The molecule has 0 radical (unpaired) electrons. The lowest BCUT2D eigenvalue weighted by atomic mass is 9.75. The zero-order chi connectivity index (χ0) is 34.5. The molecule has 0 saturated heterocycles. The minimum Gasteiger partial charge on any atom is -0.455 e. The number of anilines is 3. The van der Waals surface area contributed by atoms with Crippen LogP contribution in [0.4, 0.5) is 17.1 Å². The van der Waals surface area contributed by atoms with Gasteiger partial charge in [-0.25, -0.2) is 0 Å². The second-order valence-electron chi connectivity index (χ2n) is 14.9. The first kappa shape index (κ1) is 30.0. The Morgan fingerprint density at radius 3 is 1.69 bits per heavy atom. The number of fused-ring (bicyclic) bond motifs is 10. The number of para-hydroxylation sites is 4. The second-order valence-corrected chi connectivity index (χ2v) is 19.2. The van der Waals surface area contributed by atoms with Crippen molar-refractivity contribution in [2.24, 2.45) is 0 Å². The minimum absolute atomic E-state index is 0.259. The van der Waals surface area contributed by atoms with Gasteiger partial charge in [0.2, 0.25) is 0 Å². The smallest absolute Gasteiger partial charge is 0.155 e. The summed E-state index contributed by atoms with van der Waals surface area (Å²) >= 11 is 0. The van der Waals surface area contributed by atoms with Gasteiger partial charge in [-0.2, -0.15) is 0 Å². The first-order chi connectivity index (χ1) is 24.8. The Hall–Kier alpha value is -5.84. The fraction of sp³-hybridized carbons (Fsp3) is 0.106. The molecule has 2 aliphatic heterocycles. The van der Waals surface area contributed by atoms with E-state index in [9.17, 15) is 0 Å². The van der Waals surface area contributed by atoms with Gasteiger partial charge in [-0.05, 0) is 79.1 Å². The fourth-order valence-corrected chi connectivity index (χ4v) is 11.5. The zero-order valence-corrected chi connectivity index (χ0v) is 30.2. The quantitative estimate of drug-likeness (QED) is 0.137. The Bertz CT molecular complexity index is 2580. The lowest BCUT2D eigenvalue weighted by Crippen LogP contribution is -2.56. The molecule has 8 aromatic carbocycles. The van der Waals surface area contributed by atoms with E-state index in [1.165, 1.54) is 48.3 Å². The summed E-state index contributed by atoms with van der Waals surface area (Å²) in [5.74, 6) is 3.64. The Labute approximate surface area is 299 Å². The molecule has 4 heteroatoms. The van der Waals surface area contributed by atoms with Crippen molar-refractivity contribution in [1.82, 2.24) is 0 Å². The van der Waals surface area contributed by atoms with Crippen LogP contribution in [-0.4, -0.2) is 8.07 Å². The van der Waals surface area contributed by atoms with Crippen LogP contribution in [0.3, 0.4) is 0 Å². The van der Waals surface area contributed by atoms with Crippen molar-refractivity contribution >= 4 is 67.8 Å². The maximum atomic E-state index is 6.98. The summed E-state index contributed by atoms with van der Waals surface area (Å²) < 4.78 is 13.9. The predicted molar refractivity (Wildman–Crippen MR) is 216 cm³/mol. The number of nitrogens with zero attached hydrogens (tertiary/aromatic N) is 1. The van der Waals surface area contributed by atoms with Gasteiger partial charge >= 0.3 is 0 Å². The maximum absolute atomic E-state index is 6.98. The van der Waals surface area contributed by atoms with Gasteiger partial charge in [-0.3, -0.25) is 0 Å². The molecule has 0 atom stereocenters. The first-order valence-corrected chi connectivity index (χ1v) is 20.8. The molecule has 51 heavy (non-hydrogen) atoms. The highest BCUT2D eigenvalue weighted by Gasteiger charge is 2.40. The SMILES string of the molecule is CC1(C)c2ccccc2Oc2c(N(c3ccc4c5ccccc5c5ccccc5c4c3)c3cccc4c3Oc3ccccc3[Si]4(C)C)cccc21. The summed E-state index contributed by atoms with van der Waals surface area (Å²) in [6.45, 7) is 9.46. The molecule has 0 N–H and O–H groups in total. The van der Waals surface area contributed by atoms with Gasteiger partial charge in [-0.1, -0.05) is 142 Å². The molecule has 8 aromatic rings. The van der Waals surface area contributed by atoms with Crippen LogP contribution in [-0.2, 0) is 5.41 Å². The highest BCUT2D eigenvalue weighted by Crippen LogP contribution is 2.55. The Morgan fingerprint density at radius 2 is 0.961 bits per heavy atom. The summed E-state index contributed by atoms with van der Waals surface area (Å²) in [6, 6.07) is 54.8. The Balaban J connectivity index is 1.28. The molecule has 0 unspecified atom stereocenters. The number of ether oxygens (including phenoxy) is 2. The molecule has 2 aliphatic rings. The molecule has 0 bridgehead atoms. The van der Waals surface area contributed by atoms with Gasteiger partial charge in [-0.15, -0.1) is 0 Å². The Morgan fingerprint density at radius 1 is 0.451 bits per heavy atom. The number of benzene rings is 8. The van der Waals surface area contributed by atoms with Gasteiger partial charge in [0, 0.05) is 22.2 Å². The van der Waals surface area contributed by atoms with Crippen molar-refractivity contribution in [3.8, 4) is 23.0 Å². The van der Waals surface area contributed by atoms with Gasteiger partial charge in [0.15, 0.2) is 11.5 Å². The third-order valence-electron chi connectivity index (χ3n) is 11.3. The highest BCUT2D eigenvalue weighted by molar-refractivity contribution is 7.01. The van der Waals surface area contributed by atoms with Gasteiger partial charge < -0.3 is 14.4 Å². The van der Waals surface area contributed by atoms with Crippen LogP contribution < -0.4 is 24.7 Å². The molecular weight excluding hydrogens is 639 g/mol. The van der Waals surface area contributed by atoms with Crippen LogP contribution in [0.15, 0.2) is 152 Å². The van der Waals surface area contributed by atoms with E-state index in [1.807, 2.05) is 0 Å². The third-order valence-corrected chi connectivity index (χ3v) is 14.8. The lowest BCUT2D eigenvalue weighted by molar-refractivity contribution is 0.419. The van der Waals surface area contributed by atoms with Crippen LogP contribution in [0, 0.1) is 0 Å². The van der Waals surface area contributed by atoms with E-state index in [0.717, 1.165) is 45.6 Å². The first-order valence-electron chi connectivity index (χ1n) is 17.8. The predicted octanol–water partition coefficient (Wildman–Crippen LogP) is 12.0. The molecule has 3 nitrogen and oxygen atoms in total. The maximum Gasteiger partial charge on any atom is 0.155 e. The standard InChI is InChI=1S/C47H37NO2Si/c1-47(2)37-19-9-10-23-41(37)49-45-38(47)20-13-21-39(45)48(40-22-14-26-44-46(40)50-42-24-11-12-25-43(42)51(44,3)4)30-27-28-35-33-17-6-5-15-31(33)32-16-7-8-18-34(32)36(35)29-30/h5-29H,1-4H3. The van der Waals surface area contributed by atoms with E-state index < -0.39 is 8.07 Å². The van der Waals surface area contributed by atoms with Crippen LogP contribution in [0.5, 0.6) is 23.0 Å². The molecule has 246 valence electrons. The molecule has 0 saturated carbocycles. The van der Waals surface area contributed by atoms with Crippen LogP contribution in [0.1, 0.15) is 25.0 Å². The van der Waals surface area contributed by atoms with Crippen molar-refractivity contribution in [3.05, 3.63) is 163 Å². The summed E-state index contributed by atoms with van der Waals surface area (Å²) in [6.07, 6.45) is 0. The summed E-state index contributed by atoms with van der Waals surface area (Å²) in [5, 5.41) is 10.1. The lowest BCUT2D eigenvalue weighted by Gasteiger charge is -2.39. The van der Waals surface area contributed by atoms with Crippen molar-refractivity contribution in [2.75, 3.05) is 4.90 Å². The molecule has 2 heterocycles. The summed E-state index contributed by atoms with van der Waals surface area (Å²) in [5.41, 5.74) is 5.12. The zero-order valence-electron chi connectivity index (χ0n) is 29.2. The molecule has 10 rings (SSSR count). The van der Waals surface area contributed by atoms with Crippen LogP contribution >= 0.6 is 0 Å². The average molecular weight is 676 g/mol. The van der Waals surface area contributed by atoms with Crippen molar-refractivity contribution < 1.29 is 9.47 Å². The molecule has 0 amide bonds. The fourth-order valence-electron chi connectivity index (χ4n) is 8.70. The van der Waals surface area contributed by atoms with Crippen molar-refractivity contribution in [1.29, 1.82) is 0 Å². The van der Waals surface area contributed by atoms with E-state index in [4.69, 9.17) is 9.47 Å². The number of hydrogen-bond donors (Lipinski definition) is 0. The average Bonchev–Trinajstić information content (AvgIpc) is 3.16. The summed E-state index contributed by atoms with van der Waals surface area (Å²) in [4.78, 5) is 2.38. The minimum atomic E-state index is -2.10. The number of rotatable bonds is 3. The number of hydrogen-bond acceptors (Lipinski definition) is 3.